The first-order valence-corrected chi connectivity index (χ1v) is 5.10. The fourth-order valence-electron chi connectivity index (χ4n) is 1.51. The highest BCUT2D eigenvalue weighted by atomic mass is 16.6. The molecule has 0 spiro atoms. The fourth-order valence-corrected chi connectivity index (χ4v) is 1.51. The third kappa shape index (κ3) is 2.48. The van der Waals surface area contributed by atoms with Crippen LogP contribution < -0.4 is 5.32 Å². The molecule has 0 unspecified atom stereocenters. The lowest BCUT2D eigenvalue weighted by atomic mass is 10.2. The number of non-ortho nitro benzene ring substituents is 1. The Morgan fingerprint density at radius 2 is 2.18 bits per heavy atom. The summed E-state index contributed by atoms with van der Waals surface area (Å²) >= 11 is 0. The maximum atomic E-state index is 10.6. The van der Waals surface area contributed by atoms with Crippen LogP contribution in [0.2, 0.25) is 0 Å². The van der Waals surface area contributed by atoms with Crippen LogP contribution in [-0.2, 0) is 0 Å². The second kappa shape index (κ2) is 4.75. The average Bonchev–Trinajstić information content (AvgIpc) is 2.35. The normalized spacial score (nSPS) is 10.4. The zero-order chi connectivity index (χ0) is 12.3. The molecule has 17 heavy (non-hydrogen) atoms. The van der Waals surface area contributed by atoms with E-state index < -0.39 is 4.92 Å². The van der Waals surface area contributed by atoms with E-state index >= 15 is 0 Å². The molecule has 6 nitrogen and oxygen atoms in total. The predicted octanol–water partition coefficient (Wildman–Crippen LogP) is 1.55. The maximum Gasteiger partial charge on any atom is 0.270 e. The molecule has 0 aliphatic rings. The molecule has 0 atom stereocenters. The van der Waals surface area contributed by atoms with Crippen LogP contribution in [0.1, 0.15) is 0 Å². The first kappa shape index (κ1) is 11.3. The van der Waals surface area contributed by atoms with E-state index in [1.165, 1.54) is 12.1 Å². The zero-order valence-corrected chi connectivity index (χ0v) is 8.96. The molecule has 0 amide bonds. The molecule has 1 aromatic carbocycles. The molecule has 0 saturated carbocycles. The van der Waals surface area contributed by atoms with E-state index in [0.717, 1.165) is 0 Å². The molecule has 0 fully saturated rings. The summed E-state index contributed by atoms with van der Waals surface area (Å²) in [5, 5.41) is 22.9. The number of nitrogens with one attached hydrogen (secondary N) is 1. The van der Waals surface area contributed by atoms with Crippen LogP contribution in [0.5, 0.6) is 0 Å². The van der Waals surface area contributed by atoms with Gasteiger partial charge in [0.25, 0.3) is 5.69 Å². The number of hydrogen-bond donors (Lipinski definition) is 2. The number of nitro groups is 1. The molecular weight excluding hydrogens is 222 g/mol. The molecule has 2 N–H and O–H groups in total. The van der Waals surface area contributed by atoms with Crippen LogP contribution >= 0.6 is 0 Å². The molecule has 0 aliphatic carbocycles. The highest BCUT2D eigenvalue weighted by Crippen LogP contribution is 2.20. The Bertz CT molecular complexity index is 557. The number of nitro benzene ring substituents is 1. The van der Waals surface area contributed by atoms with E-state index in [1.807, 2.05) is 0 Å². The molecule has 2 aromatic rings. The molecule has 1 aromatic heterocycles. The molecule has 0 bridgehead atoms. The number of aliphatic hydroxyl groups is 1. The van der Waals surface area contributed by atoms with Crippen LogP contribution in [0.4, 0.5) is 11.5 Å². The van der Waals surface area contributed by atoms with Gasteiger partial charge in [-0.15, -0.1) is 0 Å². The summed E-state index contributed by atoms with van der Waals surface area (Å²) in [4.78, 5) is 14.4. The van der Waals surface area contributed by atoms with Crippen molar-refractivity contribution in [3.05, 3.63) is 40.4 Å². The second-order valence-corrected chi connectivity index (χ2v) is 3.48. The summed E-state index contributed by atoms with van der Waals surface area (Å²) < 4.78 is 0. The minimum Gasteiger partial charge on any atom is -0.395 e. The lowest BCUT2D eigenvalue weighted by Gasteiger charge is -2.04. The van der Waals surface area contributed by atoms with Gasteiger partial charge < -0.3 is 10.4 Å². The monoisotopic (exact) mass is 233 g/mol. The Kier molecular flexibility index (Phi) is 3.15. The van der Waals surface area contributed by atoms with Gasteiger partial charge in [0.1, 0.15) is 5.82 Å². The summed E-state index contributed by atoms with van der Waals surface area (Å²) in [5.74, 6) is 0.639. The highest BCUT2D eigenvalue weighted by Gasteiger charge is 2.06. The Morgan fingerprint density at radius 1 is 1.35 bits per heavy atom. The topological polar surface area (TPSA) is 88.3 Å². The third-order valence-electron chi connectivity index (χ3n) is 2.30. The summed E-state index contributed by atoms with van der Waals surface area (Å²) in [5.41, 5.74) is 0.730. The SMILES string of the molecule is O=[N+]([O-])c1ccc2nc(NCCO)ccc2c1. The minimum absolute atomic E-state index is 0.0278. The Labute approximate surface area is 97.1 Å². The van der Waals surface area contributed by atoms with Crippen molar-refractivity contribution < 1.29 is 10.0 Å². The van der Waals surface area contributed by atoms with Crippen molar-refractivity contribution in [1.82, 2.24) is 4.98 Å². The van der Waals surface area contributed by atoms with Gasteiger partial charge in [-0.05, 0) is 18.2 Å². The number of hydrogen-bond acceptors (Lipinski definition) is 5. The summed E-state index contributed by atoms with van der Waals surface area (Å²) in [6.45, 7) is 0.450. The number of rotatable bonds is 4. The van der Waals surface area contributed by atoms with Crippen LogP contribution in [-0.4, -0.2) is 28.2 Å². The Morgan fingerprint density at radius 3 is 2.88 bits per heavy atom. The standard InChI is InChI=1S/C11H11N3O3/c15-6-5-12-11-4-1-8-7-9(14(16)17)2-3-10(8)13-11/h1-4,7,15H,5-6H2,(H,12,13). The van der Waals surface area contributed by atoms with Crippen molar-refractivity contribution >= 4 is 22.4 Å². The number of aromatic nitrogens is 1. The Hall–Kier alpha value is -2.21. The number of aliphatic hydroxyl groups excluding tert-OH is 1. The van der Waals surface area contributed by atoms with Gasteiger partial charge in [0, 0.05) is 24.1 Å². The lowest BCUT2D eigenvalue weighted by molar-refractivity contribution is -0.384. The van der Waals surface area contributed by atoms with Crippen molar-refractivity contribution in [2.75, 3.05) is 18.5 Å². The van der Waals surface area contributed by atoms with E-state index in [1.54, 1.807) is 18.2 Å². The van der Waals surface area contributed by atoms with Gasteiger partial charge in [-0.3, -0.25) is 10.1 Å². The molecular formula is C11H11N3O3. The number of fused-ring (bicyclic) bond motifs is 1. The van der Waals surface area contributed by atoms with E-state index in [2.05, 4.69) is 10.3 Å². The molecule has 0 aliphatic heterocycles. The van der Waals surface area contributed by atoms with Crippen molar-refractivity contribution in [1.29, 1.82) is 0 Å². The molecule has 0 saturated heterocycles. The van der Waals surface area contributed by atoms with Gasteiger partial charge in [0.15, 0.2) is 0 Å². The van der Waals surface area contributed by atoms with Gasteiger partial charge in [0.2, 0.25) is 0 Å². The van der Waals surface area contributed by atoms with E-state index in [0.29, 0.717) is 23.3 Å². The number of nitrogens with zero attached hydrogens (tertiary/aromatic N) is 2. The molecule has 1 heterocycles. The average molecular weight is 233 g/mol. The summed E-state index contributed by atoms with van der Waals surface area (Å²) in [6.07, 6.45) is 0. The van der Waals surface area contributed by atoms with Gasteiger partial charge in [-0.25, -0.2) is 4.98 Å². The number of pyridine rings is 1. The van der Waals surface area contributed by atoms with Gasteiger partial charge in [-0.1, -0.05) is 0 Å². The molecule has 2 rings (SSSR count). The van der Waals surface area contributed by atoms with Gasteiger partial charge >= 0.3 is 0 Å². The predicted molar refractivity (Wildman–Crippen MR) is 64.0 cm³/mol. The van der Waals surface area contributed by atoms with E-state index in [9.17, 15) is 10.1 Å². The first-order valence-electron chi connectivity index (χ1n) is 5.10. The molecule has 6 heteroatoms. The fraction of sp³-hybridized carbons (Fsp3) is 0.182. The summed E-state index contributed by atoms with van der Waals surface area (Å²) in [7, 11) is 0. The third-order valence-corrected chi connectivity index (χ3v) is 2.30. The van der Waals surface area contributed by atoms with Crippen molar-refractivity contribution in [2.45, 2.75) is 0 Å². The molecule has 88 valence electrons. The highest BCUT2D eigenvalue weighted by molar-refractivity contribution is 5.82. The van der Waals surface area contributed by atoms with Crippen molar-refractivity contribution in [3.63, 3.8) is 0 Å². The minimum atomic E-state index is -0.433. The number of anilines is 1. The largest absolute Gasteiger partial charge is 0.395 e. The molecule has 0 radical (unpaired) electrons. The maximum absolute atomic E-state index is 10.6. The van der Waals surface area contributed by atoms with Crippen molar-refractivity contribution in [2.24, 2.45) is 0 Å². The van der Waals surface area contributed by atoms with Gasteiger partial charge in [-0.2, -0.15) is 0 Å². The van der Waals surface area contributed by atoms with E-state index in [4.69, 9.17) is 5.11 Å². The first-order chi connectivity index (χ1) is 8.20. The second-order valence-electron chi connectivity index (χ2n) is 3.48. The van der Waals surface area contributed by atoms with Crippen LogP contribution in [0.3, 0.4) is 0 Å². The Balaban J connectivity index is 2.36. The number of benzene rings is 1. The lowest BCUT2D eigenvalue weighted by Crippen LogP contribution is -2.06. The van der Waals surface area contributed by atoms with Gasteiger partial charge in [0.05, 0.1) is 17.0 Å². The quantitative estimate of drug-likeness (QED) is 0.617. The summed E-state index contributed by atoms with van der Waals surface area (Å²) in [6, 6.07) is 8.00. The van der Waals surface area contributed by atoms with E-state index in [-0.39, 0.29) is 12.3 Å². The van der Waals surface area contributed by atoms with Crippen LogP contribution in [0, 0.1) is 10.1 Å². The van der Waals surface area contributed by atoms with Crippen LogP contribution in [0.15, 0.2) is 30.3 Å². The zero-order valence-electron chi connectivity index (χ0n) is 8.96. The van der Waals surface area contributed by atoms with Crippen molar-refractivity contribution in [3.8, 4) is 0 Å². The smallest absolute Gasteiger partial charge is 0.270 e. The van der Waals surface area contributed by atoms with Crippen LogP contribution in [0.25, 0.3) is 10.9 Å².